The molecular weight excluding hydrogens is 190 g/mol. The van der Waals surface area contributed by atoms with Crippen molar-refractivity contribution in [1.82, 2.24) is 15.1 Å². The molecule has 1 N–H and O–H groups in total. The van der Waals surface area contributed by atoms with E-state index in [-0.39, 0.29) is 5.91 Å². The molecule has 88 valence electrons. The summed E-state index contributed by atoms with van der Waals surface area (Å²) in [6, 6.07) is 1.06. The second-order valence-electron chi connectivity index (χ2n) is 4.77. The molecule has 0 saturated carbocycles. The average molecular weight is 213 g/mol. The summed E-state index contributed by atoms with van der Waals surface area (Å²) in [7, 11) is 3.62. The molecule has 0 aromatic carbocycles. The van der Waals surface area contributed by atoms with E-state index in [1.807, 2.05) is 14.1 Å². The highest BCUT2D eigenvalue weighted by Crippen LogP contribution is 2.04. The highest BCUT2D eigenvalue weighted by atomic mass is 16.2. The van der Waals surface area contributed by atoms with Crippen LogP contribution in [0.3, 0.4) is 0 Å². The maximum atomic E-state index is 11.4. The molecular formula is C11H23N3O. The molecule has 1 heterocycles. The molecule has 4 nitrogen and oxygen atoms in total. The first-order chi connectivity index (χ1) is 6.99. The summed E-state index contributed by atoms with van der Waals surface area (Å²) < 4.78 is 0. The number of amides is 1. The predicted octanol–water partition coefficient (Wildman–Crippen LogP) is 0.147. The van der Waals surface area contributed by atoms with E-state index in [0.717, 1.165) is 19.6 Å². The van der Waals surface area contributed by atoms with Gasteiger partial charge in [0.25, 0.3) is 0 Å². The van der Waals surface area contributed by atoms with Crippen LogP contribution in [0, 0.1) is 0 Å². The van der Waals surface area contributed by atoms with E-state index in [4.69, 9.17) is 0 Å². The first-order valence-electron chi connectivity index (χ1n) is 5.67. The van der Waals surface area contributed by atoms with Crippen LogP contribution >= 0.6 is 0 Å². The average Bonchev–Trinajstić information content (AvgIpc) is 2.12. The van der Waals surface area contributed by atoms with Crippen molar-refractivity contribution in [3.8, 4) is 0 Å². The third kappa shape index (κ3) is 4.18. The van der Waals surface area contributed by atoms with E-state index in [1.165, 1.54) is 0 Å². The van der Waals surface area contributed by atoms with Crippen LogP contribution in [0.25, 0.3) is 0 Å². The van der Waals surface area contributed by atoms with Gasteiger partial charge in [0.05, 0.1) is 0 Å². The molecule has 1 amide bonds. The Balaban J connectivity index is 2.29. The maximum absolute atomic E-state index is 11.4. The lowest BCUT2D eigenvalue weighted by Crippen LogP contribution is -2.54. The predicted molar refractivity (Wildman–Crippen MR) is 61.8 cm³/mol. The van der Waals surface area contributed by atoms with E-state index in [9.17, 15) is 4.79 Å². The Hall–Kier alpha value is -0.610. The number of carbonyl (C=O) groups excluding carboxylic acids is 1. The normalized spacial score (nSPS) is 27.7. The molecule has 1 rings (SSSR count). The number of piperazine rings is 1. The molecule has 4 heteroatoms. The fourth-order valence-corrected chi connectivity index (χ4v) is 2.10. The Morgan fingerprint density at radius 1 is 1.33 bits per heavy atom. The molecule has 2 atom stereocenters. The number of hydrogen-bond acceptors (Lipinski definition) is 3. The lowest BCUT2D eigenvalue weighted by atomic mass is 10.1. The standard InChI is InChI=1S/C11H23N3O/c1-9-7-14(8-10(2)12-9)6-5-11(15)13(3)4/h9-10,12H,5-8H2,1-4H3. The van der Waals surface area contributed by atoms with Gasteiger partial charge in [0, 0.05) is 52.2 Å². The molecule has 0 aliphatic carbocycles. The minimum Gasteiger partial charge on any atom is -0.349 e. The van der Waals surface area contributed by atoms with Crippen molar-refractivity contribution >= 4 is 5.91 Å². The fourth-order valence-electron chi connectivity index (χ4n) is 2.10. The third-order valence-electron chi connectivity index (χ3n) is 2.77. The van der Waals surface area contributed by atoms with Crippen LogP contribution in [0.5, 0.6) is 0 Å². The maximum Gasteiger partial charge on any atom is 0.223 e. The number of nitrogens with zero attached hydrogens (tertiary/aromatic N) is 2. The first kappa shape index (κ1) is 12.5. The molecule has 1 aliphatic heterocycles. The second kappa shape index (κ2) is 5.47. The van der Waals surface area contributed by atoms with Gasteiger partial charge < -0.3 is 10.2 Å². The molecule has 1 saturated heterocycles. The van der Waals surface area contributed by atoms with Gasteiger partial charge in [-0.2, -0.15) is 0 Å². The summed E-state index contributed by atoms with van der Waals surface area (Å²) in [5.41, 5.74) is 0. The van der Waals surface area contributed by atoms with Crippen molar-refractivity contribution < 1.29 is 4.79 Å². The molecule has 0 bridgehead atoms. The lowest BCUT2D eigenvalue weighted by molar-refractivity contribution is -0.129. The fraction of sp³-hybridized carbons (Fsp3) is 0.909. The summed E-state index contributed by atoms with van der Waals surface area (Å²) in [4.78, 5) is 15.5. The summed E-state index contributed by atoms with van der Waals surface area (Å²) in [5, 5.41) is 3.48. The molecule has 0 radical (unpaired) electrons. The van der Waals surface area contributed by atoms with Gasteiger partial charge >= 0.3 is 0 Å². The van der Waals surface area contributed by atoms with Gasteiger partial charge in [-0.15, -0.1) is 0 Å². The highest BCUT2D eigenvalue weighted by molar-refractivity contribution is 5.75. The summed E-state index contributed by atoms with van der Waals surface area (Å²) in [6.07, 6.45) is 0.631. The minimum atomic E-state index is 0.217. The Bertz CT molecular complexity index is 208. The number of nitrogens with one attached hydrogen (secondary N) is 1. The van der Waals surface area contributed by atoms with Crippen molar-refractivity contribution in [1.29, 1.82) is 0 Å². The van der Waals surface area contributed by atoms with Crippen LogP contribution in [0.4, 0.5) is 0 Å². The van der Waals surface area contributed by atoms with Gasteiger partial charge in [-0.1, -0.05) is 0 Å². The Morgan fingerprint density at radius 2 is 1.87 bits per heavy atom. The lowest BCUT2D eigenvalue weighted by Gasteiger charge is -2.36. The largest absolute Gasteiger partial charge is 0.349 e. The van der Waals surface area contributed by atoms with Crippen LogP contribution < -0.4 is 5.32 Å². The summed E-state index contributed by atoms with van der Waals surface area (Å²) in [5.74, 6) is 0.217. The van der Waals surface area contributed by atoms with Crippen LogP contribution in [0.1, 0.15) is 20.3 Å². The molecule has 1 fully saturated rings. The molecule has 0 spiro atoms. The Morgan fingerprint density at radius 3 is 2.33 bits per heavy atom. The van der Waals surface area contributed by atoms with Crippen LogP contribution in [0.2, 0.25) is 0 Å². The van der Waals surface area contributed by atoms with Gasteiger partial charge in [-0.05, 0) is 13.8 Å². The zero-order valence-corrected chi connectivity index (χ0v) is 10.3. The van der Waals surface area contributed by atoms with E-state index in [2.05, 4.69) is 24.1 Å². The highest BCUT2D eigenvalue weighted by Gasteiger charge is 2.21. The zero-order chi connectivity index (χ0) is 11.4. The molecule has 15 heavy (non-hydrogen) atoms. The smallest absolute Gasteiger partial charge is 0.223 e. The Labute approximate surface area is 92.6 Å². The number of rotatable bonds is 3. The van der Waals surface area contributed by atoms with Crippen LogP contribution in [-0.2, 0) is 4.79 Å². The summed E-state index contributed by atoms with van der Waals surface area (Å²) >= 11 is 0. The monoisotopic (exact) mass is 213 g/mol. The molecule has 1 aliphatic rings. The molecule has 2 unspecified atom stereocenters. The molecule has 0 aromatic rings. The van der Waals surface area contributed by atoms with Crippen molar-refractivity contribution in [2.75, 3.05) is 33.7 Å². The second-order valence-corrected chi connectivity index (χ2v) is 4.77. The van der Waals surface area contributed by atoms with E-state index >= 15 is 0 Å². The van der Waals surface area contributed by atoms with Gasteiger partial charge in [-0.25, -0.2) is 0 Å². The SMILES string of the molecule is CC1CN(CCC(=O)N(C)C)CC(C)N1. The quantitative estimate of drug-likeness (QED) is 0.725. The first-order valence-corrected chi connectivity index (χ1v) is 5.67. The van der Waals surface area contributed by atoms with Gasteiger partial charge in [0.15, 0.2) is 0 Å². The van der Waals surface area contributed by atoms with Crippen molar-refractivity contribution in [3.63, 3.8) is 0 Å². The third-order valence-corrected chi connectivity index (χ3v) is 2.77. The van der Waals surface area contributed by atoms with Crippen LogP contribution in [0.15, 0.2) is 0 Å². The molecule has 0 aromatic heterocycles. The Kier molecular flexibility index (Phi) is 4.54. The summed E-state index contributed by atoms with van der Waals surface area (Å²) in [6.45, 7) is 7.36. The zero-order valence-electron chi connectivity index (χ0n) is 10.3. The number of carbonyl (C=O) groups is 1. The van der Waals surface area contributed by atoms with Gasteiger partial charge in [0.2, 0.25) is 5.91 Å². The van der Waals surface area contributed by atoms with Crippen molar-refractivity contribution in [2.45, 2.75) is 32.4 Å². The minimum absolute atomic E-state index is 0.217. The van der Waals surface area contributed by atoms with E-state index < -0.39 is 0 Å². The van der Waals surface area contributed by atoms with Gasteiger partial charge in [-0.3, -0.25) is 9.69 Å². The van der Waals surface area contributed by atoms with Crippen LogP contribution in [-0.4, -0.2) is 61.5 Å². The van der Waals surface area contributed by atoms with E-state index in [1.54, 1.807) is 4.90 Å². The number of hydrogen-bond donors (Lipinski definition) is 1. The van der Waals surface area contributed by atoms with Gasteiger partial charge in [0.1, 0.15) is 0 Å². The van der Waals surface area contributed by atoms with Crippen molar-refractivity contribution in [3.05, 3.63) is 0 Å². The van der Waals surface area contributed by atoms with Crippen molar-refractivity contribution in [2.24, 2.45) is 0 Å². The van der Waals surface area contributed by atoms with E-state index in [0.29, 0.717) is 18.5 Å². The topological polar surface area (TPSA) is 35.6 Å².